The van der Waals surface area contributed by atoms with Crippen molar-refractivity contribution in [2.45, 2.75) is 25.5 Å². The van der Waals surface area contributed by atoms with Crippen LogP contribution in [0.15, 0.2) is 72.8 Å². The van der Waals surface area contributed by atoms with Crippen molar-refractivity contribution in [3.8, 4) is 16.9 Å². The van der Waals surface area contributed by atoms with Crippen LogP contribution < -0.4 is 10.2 Å². The van der Waals surface area contributed by atoms with Crippen molar-refractivity contribution in [3.63, 3.8) is 0 Å². The molecule has 1 aromatic heterocycles. The Labute approximate surface area is 236 Å². The van der Waals surface area contributed by atoms with E-state index in [-0.39, 0.29) is 35.2 Å². The van der Waals surface area contributed by atoms with Crippen molar-refractivity contribution in [3.05, 3.63) is 100 Å². The first kappa shape index (κ1) is 27.0. The number of aryl methyl sites for hydroxylation is 1. The van der Waals surface area contributed by atoms with Gasteiger partial charge in [-0.1, -0.05) is 60.5 Å². The summed E-state index contributed by atoms with van der Waals surface area (Å²) in [5.74, 6) is -0.110. The molecule has 4 aromatic rings. The summed E-state index contributed by atoms with van der Waals surface area (Å²) in [6.07, 6.45) is 0.787. The molecule has 1 aliphatic rings. The number of carbonyl (C=O) groups is 2. The summed E-state index contributed by atoms with van der Waals surface area (Å²) in [5, 5.41) is 8.19. The number of aromatic nitrogens is 2. The minimum absolute atomic E-state index is 0.139. The minimum Gasteiger partial charge on any atom is -0.355 e. The molecular weight excluding hydrogens is 535 g/mol. The largest absolute Gasteiger partial charge is 0.355 e. The molecule has 0 spiro atoms. The smallest absolute Gasteiger partial charge is 0.240 e. The number of nitrogens with one attached hydrogen (secondary N) is 1. The van der Waals surface area contributed by atoms with Crippen LogP contribution in [0, 0.1) is 12.7 Å². The number of amides is 2. The molecule has 200 valence electrons. The second-order valence-corrected chi connectivity index (χ2v) is 10.9. The molecule has 0 aliphatic carbocycles. The topological polar surface area (TPSA) is 67.2 Å². The molecule has 0 bridgehead atoms. The normalized spacial score (nSPS) is 15.1. The first-order chi connectivity index (χ1) is 18.9. The molecule has 39 heavy (non-hydrogen) atoms. The van der Waals surface area contributed by atoms with Crippen LogP contribution in [0.5, 0.6) is 0 Å². The van der Waals surface area contributed by atoms with Crippen LogP contribution in [0.2, 0.25) is 5.02 Å². The first-order valence-corrected chi connectivity index (χ1v) is 14.2. The number of benzene rings is 3. The molecule has 2 heterocycles. The molecule has 5 rings (SSSR count). The third kappa shape index (κ3) is 5.72. The Hall–Kier alpha value is -3.62. The average molecular weight is 563 g/mol. The second-order valence-electron chi connectivity index (χ2n) is 9.41. The summed E-state index contributed by atoms with van der Waals surface area (Å²) >= 11 is 7.64. The molecule has 1 atom stereocenters. The number of anilines is 1. The van der Waals surface area contributed by atoms with E-state index >= 15 is 0 Å². The van der Waals surface area contributed by atoms with Gasteiger partial charge in [-0.3, -0.25) is 14.5 Å². The number of rotatable bonds is 7. The fourth-order valence-electron chi connectivity index (χ4n) is 4.57. The van der Waals surface area contributed by atoms with Crippen molar-refractivity contribution in [1.82, 2.24) is 15.1 Å². The molecule has 6 nitrogen and oxygen atoms in total. The monoisotopic (exact) mass is 562 g/mol. The predicted octanol–water partition coefficient (Wildman–Crippen LogP) is 6.34. The molecule has 1 aliphatic heterocycles. The third-order valence-electron chi connectivity index (χ3n) is 6.53. The van der Waals surface area contributed by atoms with Crippen LogP contribution in [0.3, 0.4) is 0 Å². The third-order valence-corrected chi connectivity index (χ3v) is 8.04. The minimum atomic E-state index is -0.337. The number of fused-ring (bicyclic) bond motifs is 1. The Morgan fingerprint density at radius 1 is 1.08 bits per heavy atom. The van der Waals surface area contributed by atoms with E-state index in [0.717, 1.165) is 34.4 Å². The molecule has 9 heteroatoms. The van der Waals surface area contributed by atoms with Gasteiger partial charge >= 0.3 is 0 Å². The van der Waals surface area contributed by atoms with E-state index in [9.17, 15) is 14.0 Å². The zero-order valence-corrected chi connectivity index (χ0v) is 23.2. The van der Waals surface area contributed by atoms with Crippen LogP contribution in [-0.4, -0.2) is 40.4 Å². The molecular formula is C30H28ClFN4O2S. The van der Waals surface area contributed by atoms with Gasteiger partial charge in [0.05, 0.1) is 22.4 Å². The Kier molecular flexibility index (Phi) is 8.04. The van der Waals surface area contributed by atoms with E-state index < -0.39 is 0 Å². The number of carbonyl (C=O) groups excluding carboxylic acids is 2. The summed E-state index contributed by atoms with van der Waals surface area (Å²) in [5.41, 5.74) is 4.95. The van der Waals surface area contributed by atoms with Crippen LogP contribution in [0.25, 0.3) is 16.9 Å². The second kappa shape index (κ2) is 11.6. The lowest BCUT2D eigenvalue weighted by Crippen LogP contribution is -2.42. The van der Waals surface area contributed by atoms with Gasteiger partial charge in [0.1, 0.15) is 18.2 Å². The highest BCUT2D eigenvalue weighted by atomic mass is 35.5. The quantitative estimate of drug-likeness (QED) is 0.285. The van der Waals surface area contributed by atoms with Crippen LogP contribution in [0.1, 0.15) is 35.3 Å². The van der Waals surface area contributed by atoms with E-state index in [1.807, 2.05) is 50.2 Å². The number of nitrogens with zero attached hydrogens (tertiary/aromatic N) is 3. The van der Waals surface area contributed by atoms with E-state index in [0.29, 0.717) is 23.1 Å². The van der Waals surface area contributed by atoms with Gasteiger partial charge in [-0.15, -0.1) is 11.8 Å². The molecule has 1 unspecified atom stereocenters. The van der Waals surface area contributed by atoms with Crippen molar-refractivity contribution in [2.75, 3.05) is 23.7 Å². The molecule has 0 saturated carbocycles. The first-order valence-electron chi connectivity index (χ1n) is 12.8. The van der Waals surface area contributed by atoms with Gasteiger partial charge in [-0.25, -0.2) is 9.07 Å². The molecule has 0 fully saturated rings. The van der Waals surface area contributed by atoms with E-state index in [4.69, 9.17) is 16.7 Å². The fourth-order valence-corrected chi connectivity index (χ4v) is 5.90. The van der Waals surface area contributed by atoms with Gasteiger partial charge in [0, 0.05) is 22.7 Å². The summed E-state index contributed by atoms with van der Waals surface area (Å²) in [4.78, 5) is 28.1. The highest BCUT2D eigenvalue weighted by Gasteiger charge is 2.37. The standard InChI is InChI=1S/C30H28ClFN4O2S/c1-3-16-33-25(37)17-35-26(38)18-39-29(21-8-12-23(32)13-9-21)27-28(20-6-10-22(31)11-7-20)34-36(30(27)35)24-14-4-19(2)5-15-24/h4-15,29H,3,16-18H2,1-2H3,(H,33,37). The molecule has 3 aromatic carbocycles. The van der Waals surface area contributed by atoms with E-state index in [1.54, 1.807) is 28.9 Å². The van der Waals surface area contributed by atoms with Gasteiger partial charge in [-0.05, 0) is 55.3 Å². The van der Waals surface area contributed by atoms with Gasteiger partial charge in [0.15, 0.2) is 0 Å². The summed E-state index contributed by atoms with van der Waals surface area (Å²) < 4.78 is 15.6. The summed E-state index contributed by atoms with van der Waals surface area (Å²) in [6, 6.07) is 21.5. The zero-order chi connectivity index (χ0) is 27.5. The summed E-state index contributed by atoms with van der Waals surface area (Å²) in [6.45, 7) is 4.36. The Balaban J connectivity index is 1.78. The van der Waals surface area contributed by atoms with Crippen molar-refractivity contribution in [1.29, 1.82) is 0 Å². The average Bonchev–Trinajstić information content (AvgIpc) is 3.25. The molecule has 0 saturated heterocycles. The highest BCUT2D eigenvalue weighted by molar-refractivity contribution is 8.00. The van der Waals surface area contributed by atoms with Crippen LogP contribution >= 0.6 is 23.4 Å². The molecule has 2 amide bonds. The lowest BCUT2D eigenvalue weighted by atomic mass is 9.99. The van der Waals surface area contributed by atoms with Gasteiger partial charge in [-0.2, -0.15) is 5.10 Å². The Morgan fingerprint density at radius 2 is 1.77 bits per heavy atom. The van der Waals surface area contributed by atoms with Crippen molar-refractivity contribution < 1.29 is 14.0 Å². The van der Waals surface area contributed by atoms with Crippen LogP contribution in [0.4, 0.5) is 10.2 Å². The van der Waals surface area contributed by atoms with Gasteiger partial charge < -0.3 is 5.32 Å². The highest BCUT2D eigenvalue weighted by Crippen LogP contribution is 2.48. The molecule has 1 N–H and O–H groups in total. The zero-order valence-electron chi connectivity index (χ0n) is 21.7. The number of halogens is 2. The lowest BCUT2D eigenvalue weighted by Gasteiger charge is -2.23. The fraction of sp³-hybridized carbons (Fsp3) is 0.233. The lowest BCUT2D eigenvalue weighted by molar-refractivity contribution is -0.122. The predicted molar refractivity (Wildman–Crippen MR) is 155 cm³/mol. The van der Waals surface area contributed by atoms with Crippen molar-refractivity contribution >= 4 is 41.0 Å². The summed E-state index contributed by atoms with van der Waals surface area (Å²) in [7, 11) is 0. The SMILES string of the molecule is CCCNC(=O)CN1C(=O)CSC(c2ccc(F)cc2)c2c(-c3ccc(Cl)cc3)nn(-c3ccc(C)cc3)c21. The maximum Gasteiger partial charge on any atom is 0.240 e. The van der Waals surface area contributed by atoms with E-state index in [2.05, 4.69) is 5.32 Å². The van der Waals surface area contributed by atoms with Crippen molar-refractivity contribution in [2.24, 2.45) is 0 Å². The van der Waals surface area contributed by atoms with Gasteiger partial charge in [0.25, 0.3) is 0 Å². The maximum atomic E-state index is 13.9. The van der Waals surface area contributed by atoms with E-state index in [1.165, 1.54) is 28.8 Å². The Bertz CT molecular complexity index is 1490. The number of hydrogen-bond donors (Lipinski definition) is 1. The Morgan fingerprint density at radius 3 is 2.44 bits per heavy atom. The number of thioether (sulfide) groups is 1. The van der Waals surface area contributed by atoms with Gasteiger partial charge in [0.2, 0.25) is 11.8 Å². The number of hydrogen-bond acceptors (Lipinski definition) is 4. The molecule has 0 radical (unpaired) electrons. The van der Waals surface area contributed by atoms with Crippen LogP contribution in [-0.2, 0) is 9.59 Å². The maximum absolute atomic E-state index is 13.9.